The summed E-state index contributed by atoms with van der Waals surface area (Å²) in [5, 5.41) is 16.1. The van der Waals surface area contributed by atoms with Crippen molar-refractivity contribution in [3.8, 4) is 0 Å². The molecule has 21 heavy (non-hydrogen) atoms. The minimum atomic E-state index is -1.01. The van der Waals surface area contributed by atoms with Crippen LogP contribution in [0.15, 0.2) is 18.3 Å². The standard InChI is InChI=1S/C14H15N3O3S/c1-17-10-4-2-3-9(8(10)7-15-17)16-13(18)11-5-6-12(21-11)14(19)20/h5-7,9H,2-4H2,1H3,(H,16,18)(H,19,20). The fourth-order valence-corrected chi connectivity index (χ4v) is 3.41. The molecule has 0 aromatic carbocycles. The van der Waals surface area contributed by atoms with Crippen LogP contribution in [0.1, 0.15) is 49.5 Å². The van der Waals surface area contributed by atoms with Crippen molar-refractivity contribution in [2.45, 2.75) is 25.3 Å². The van der Waals surface area contributed by atoms with Gasteiger partial charge in [-0.05, 0) is 31.4 Å². The third kappa shape index (κ3) is 2.56. The molecule has 0 saturated heterocycles. The highest BCUT2D eigenvalue weighted by Gasteiger charge is 2.25. The van der Waals surface area contributed by atoms with Crippen molar-refractivity contribution in [3.63, 3.8) is 0 Å². The van der Waals surface area contributed by atoms with Crippen molar-refractivity contribution in [1.29, 1.82) is 0 Å². The number of aromatic carboxylic acids is 1. The summed E-state index contributed by atoms with van der Waals surface area (Å²) in [6.07, 6.45) is 4.65. The fourth-order valence-electron chi connectivity index (χ4n) is 2.66. The highest BCUT2D eigenvalue weighted by atomic mass is 32.1. The van der Waals surface area contributed by atoms with E-state index in [1.807, 2.05) is 11.7 Å². The Hall–Kier alpha value is -2.15. The number of hydrogen-bond acceptors (Lipinski definition) is 4. The molecular formula is C14H15N3O3S. The van der Waals surface area contributed by atoms with Crippen LogP contribution in [0.2, 0.25) is 0 Å². The lowest BCUT2D eigenvalue weighted by molar-refractivity contribution is 0.0702. The summed E-state index contributed by atoms with van der Waals surface area (Å²) < 4.78 is 1.85. The second-order valence-electron chi connectivity index (χ2n) is 5.06. The molecule has 0 aliphatic heterocycles. The number of rotatable bonds is 3. The zero-order valence-electron chi connectivity index (χ0n) is 11.5. The summed E-state index contributed by atoms with van der Waals surface area (Å²) >= 11 is 0.992. The zero-order chi connectivity index (χ0) is 15.0. The van der Waals surface area contributed by atoms with Crippen molar-refractivity contribution >= 4 is 23.2 Å². The number of thiophene rings is 1. The lowest BCUT2D eigenvalue weighted by Crippen LogP contribution is -2.30. The van der Waals surface area contributed by atoms with Gasteiger partial charge in [-0.1, -0.05) is 0 Å². The Labute approximate surface area is 125 Å². The van der Waals surface area contributed by atoms with E-state index in [2.05, 4.69) is 10.4 Å². The van der Waals surface area contributed by atoms with Crippen LogP contribution in [-0.2, 0) is 13.5 Å². The van der Waals surface area contributed by atoms with Gasteiger partial charge in [0, 0.05) is 18.3 Å². The molecule has 0 radical (unpaired) electrons. The fraction of sp³-hybridized carbons (Fsp3) is 0.357. The van der Waals surface area contributed by atoms with Crippen molar-refractivity contribution < 1.29 is 14.7 Å². The molecule has 0 spiro atoms. The van der Waals surface area contributed by atoms with Gasteiger partial charge >= 0.3 is 5.97 Å². The van der Waals surface area contributed by atoms with Gasteiger partial charge in [-0.15, -0.1) is 11.3 Å². The predicted molar refractivity (Wildman–Crippen MR) is 77.6 cm³/mol. The molecule has 0 fully saturated rings. The van der Waals surface area contributed by atoms with Gasteiger partial charge in [0.05, 0.1) is 17.1 Å². The maximum Gasteiger partial charge on any atom is 0.345 e. The lowest BCUT2D eigenvalue weighted by Gasteiger charge is -2.23. The number of carboxylic acid groups (broad SMARTS) is 1. The second kappa shape index (κ2) is 5.33. The highest BCUT2D eigenvalue weighted by molar-refractivity contribution is 7.15. The summed E-state index contributed by atoms with van der Waals surface area (Å²) in [6.45, 7) is 0. The van der Waals surface area contributed by atoms with Crippen molar-refractivity contribution in [1.82, 2.24) is 15.1 Å². The molecule has 0 bridgehead atoms. The zero-order valence-corrected chi connectivity index (χ0v) is 12.3. The monoisotopic (exact) mass is 305 g/mol. The summed E-state index contributed by atoms with van der Waals surface area (Å²) in [5.41, 5.74) is 2.22. The molecule has 2 N–H and O–H groups in total. The van der Waals surface area contributed by atoms with Crippen LogP contribution in [0.5, 0.6) is 0 Å². The second-order valence-corrected chi connectivity index (χ2v) is 6.14. The highest BCUT2D eigenvalue weighted by Crippen LogP contribution is 2.29. The first-order valence-electron chi connectivity index (χ1n) is 6.71. The van der Waals surface area contributed by atoms with Crippen LogP contribution in [0.25, 0.3) is 0 Å². The van der Waals surface area contributed by atoms with E-state index in [4.69, 9.17) is 5.11 Å². The van der Waals surface area contributed by atoms with E-state index in [1.165, 1.54) is 6.07 Å². The van der Waals surface area contributed by atoms with E-state index in [9.17, 15) is 9.59 Å². The topological polar surface area (TPSA) is 84.2 Å². The quantitative estimate of drug-likeness (QED) is 0.908. The van der Waals surface area contributed by atoms with E-state index >= 15 is 0 Å². The van der Waals surface area contributed by atoms with E-state index in [1.54, 1.807) is 12.3 Å². The first-order chi connectivity index (χ1) is 10.1. The molecule has 110 valence electrons. The number of carbonyl (C=O) groups excluding carboxylic acids is 1. The summed E-state index contributed by atoms with van der Waals surface area (Å²) in [6, 6.07) is 2.96. The molecular weight excluding hydrogens is 290 g/mol. The van der Waals surface area contributed by atoms with Crippen molar-refractivity contribution in [3.05, 3.63) is 39.3 Å². The smallest absolute Gasteiger partial charge is 0.345 e. The number of carbonyl (C=O) groups is 2. The van der Waals surface area contributed by atoms with E-state index < -0.39 is 5.97 Å². The Morgan fingerprint density at radius 2 is 2.19 bits per heavy atom. The maximum absolute atomic E-state index is 12.2. The molecule has 2 heterocycles. The number of aryl methyl sites for hydroxylation is 1. The largest absolute Gasteiger partial charge is 0.477 e. The molecule has 6 nitrogen and oxygen atoms in total. The van der Waals surface area contributed by atoms with Gasteiger partial charge in [0.2, 0.25) is 0 Å². The average Bonchev–Trinajstić information content (AvgIpc) is 3.07. The molecule has 1 amide bonds. The van der Waals surface area contributed by atoms with Crippen LogP contribution in [0.4, 0.5) is 0 Å². The van der Waals surface area contributed by atoms with Crippen molar-refractivity contribution in [2.75, 3.05) is 0 Å². The third-order valence-electron chi connectivity index (χ3n) is 3.72. The summed E-state index contributed by atoms with van der Waals surface area (Å²) in [7, 11) is 1.90. The van der Waals surface area contributed by atoms with Crippen LogP contribution in [0.3, 0.4) is 0 Å². The number of carboxylic acids is 1. The molecule has 1 aliphatic carbocycles. The number of fused-ring (bicyclic) bond motifs is 1. The van der Waals surface area contributed by atoms with Gasteiger partial charge < -0.3 is 10.4 Å². The average molecular weight is 305 g/mol. The van der Waals surface area contributed by atoms with Gasteiger partial charge in [0.25, 0.3) is 5.91 Å². The van der Waals surface area contributed by atoms with Crippen LogP contribution in [0, 0.1) is 0 Å². The van der Waals surface area contributed by atoms with Gasteiger partial charge in [-0.3, -0.25) is 9.48 Å². The third-order valence-corrected chi connectivity index (χ3v) is 4.79. The first-order valence-corrected chi connectivity index (χ1v) is 7.52. The Morgan fingerprint density at radius 3 is 2.90 bits per heavy atom. The number of nitrogens with zero attached hydrogens (tertiary/aromatic N) is 2. The Kier molecular flexibility index (Phi) is 3.50. The van der Waals surface area contributed by atoms with Crippen LogP contribution < -0.4 is 5.32 Å². The van der Waals surface area contributed by atoms with Crippen molar-refractivity contribution in [2.24, 2.45) is 7.05 Å². The van der Waals surface area contributed by atoms with Crippen LogP contribution >= 0.6 is 11.3 Å². The van der Waals surface area contributed by atoms with Gasteiger partial charge in [-0.25, -0.2) is 4.79 Å². The predicted octanol–water partition coefficient (Wildman–Crippen LogP) is 1.99. The Morgan fingerprint density at radius 1 is 1.43 bits per heavy atom. The summed E-state index contributed by atoms with van der Waals surface area (Å²) in [5.74, 6) is -1.24. The minimum Gasteiger partial charge on any atom is -0.477 e. The number of hydrogen-bond donors (Lipinski definition) is 2. The van der Waals surface area contributed by atoms with E-state index in [0.717, 1.165) is 41.9 Å². The SMILES string of the molecule is Cn1ncc2c1CCCC2NC(=O)c1ccc(C(=O)O)s1. The van der Waals surface area contributed by atoms with Gasteiger partial charge in [-0.2, -0.15) is 5.10 Å². The number of nitrogens with one attached hydrogen (secondary N) is 1. The maximum atomic E-state index is 12.2. The molecule has 0 saturated carbocycles. The number of aromatic nitrogens is 2. The van der Waals surface area contributed by atoms with E-state index in [-0.39, 0.29) is 16.8 Å². The molecule has 7 heteroatoms. The molecule has 2 aromatic heterocycles. The van der Waals surface area contributed by atoms with E-state index in [0.29, 0.717) is 4.88 Å². The number of amides is 1. The molecule has 1 atom stereocenters. The normalized spacial score (nSPS) is 17.3. The first kappa shape index (κ1) is 13.8. The minimum absolute atomic E-state index is 0.0506. The molecule has 3 rings (SSSR count). The van der Waals surface area contributed by atoms with Gasteiger partial charge in [0.15, 0.2) is 0 Å². The Balaban J connectivity index is 1.77. The Bertz CT molecular complexity index is 704. The van der Waals surface area contributed by atoms with Crippen LogP contribution in [-0.4, -0.2) is 26.8 Å². The summed E-state index contributed by atoms with van der Waals surface area (Å²) in [4.78, 5) is 23.7. The molecule has 1 aliphatic rings. The molecule has 2 aromatic rings. The lowest BCUT2D eigenvalue weighted by atomic mass is 9.93. The van der Waals surface area contributed by atoms with Gasteiger partial charge in [0.1, 0.15) is 4.88 Å². The molecule has 1 unspecified atom stereocenters.